The van der Waals surface area contributed by atoms with Gasteiger partial charge in [0.1, 0.15) is 0 Å². The van der Waals surface area contributed by atoms with E-state index in [2.05, 4.69) is 11.2 Å². The summed E-state index contributed by atoms with van der Waals surface area (Å²) in [5.41, 5.74) is 3.08. The second-order valence-electron chi connectivity index (χ2n) is 7.17. The molecule has 2 unspecified atom stereocenters. The van der Waals surface area contributed by atoms with Crippen LogP contribution < -0.4 is 0 Å². The van der Waals surface area contributed by atoms with E-state index < -0.39 is 0 Å². The zero-order chi connectivity index (χ0) is 17.9. The Morgan fingerprint density at radius 2 is 2.27 bits per heavy atom. The minimum Gasteiger partial charge on any atom is -0.381 e. The SMILES string of the molecule is Cc1cnn(CC2CN(C(=O)c3cccc(C4CCOC4)c3)CCO2)c1. The number of rotatable bonds is 4. The lowest BCUT2D eigenvalue weighted by Gasteiger charge is -2.33. The number of ether oxygens (including phenoxy) is 2. The van der Waals surface area contributed by atoms with Gasteiger partial charge in [0.2, 0.25) is 0 Å². The third kappa shape index (κ3) is 3.81. The molecule has 4 rings (SSSR count). The lowest BCUT2D eigenvalue weighted by Crippen LogP contribution is -2.47. The van der Waals surface area contributed by atoms with Crippen LogP contribution in [0.25, 0.3) is 0 Å². The van der Waals surface area contributed by atoms with Crippen molar-refractivity contribution in [2.45, 2.75) is 31.9 Å². The molecule has 0 radical (unpaired) electrons. The molecule has 2 saturated heterocycles. The van der Waals surface area contributed by atoms with Crippen molar-refractivity contribution in [3.05, 3.63) is 53.3 Å². The number of nitrogens with zero attached hydrogens (tertiary/aromatic N) is 3. The average molecular weight is 355 g/mol. The summed E-state index contributed by atoms with van der Waals surface area (Å²) in [6.07, 6.45) is 4.83. The highest BCUT2D eigenvalue weighted by Gasteiger charge is 2.26. The van der Waals surface area contributed by atoms with Gasteiger partial charge >= 0.3 is 0 Å². The second-order valence-corrected chi connectivity index (χ2v) is 7.17. The topological polar surface area (TPSA) is 56.6 Å². The van der Waals surface area contributed by atoms with E-state index in [1.165, 1.54) is 5.56 Å². The predicted octanol–water partition coefficient (Wildman–Crippen LogP) is 2.24. The van der Waals surface area contributed by atoms with E-state index in [0.717, 1.165) is 30.8 Å². The van der Waals surface area contributed by atoms with E-state index >= 15 is 0 Å². The molecular weight excluding hydrogens is 330 g/mol. The highest BCUT2D eigenvalue weighted by atomic mass is 16.5. The van der Waals surface area contributed by atoms with E-state index in [1.807, 2.05) is 47.1 Å². The van der Waals surface area contributed by atoms with Gasteiger partial charge in [-0.25, -0.2) is 0 Å². The van der Waals surface area contributed by atoms with Gasteiger partial charge in [-0.15, -0.1) is 0 Å². The number of amides is 1. The maximum atomic E-state index is 13.0. The lowest BCUT2D eigenvalue weighted by molar-refractivity contribution is -0.0300. The first-order valence-corrected chi connectivity index (χ1v) is 9.26. The summed E-state index contributed by atoms with van der Waals surface area (Å²) in [6.45, 7) is 6.02. The van der Waals surface area contributed by atoms with Crippen molar-refractivity contribution >= 4 is 5.91 Å². The van der Waals surface area contributed by atoms with Crippen molar-refractivity contribution in [1.29, 1.82) is 0 Å². The van der Waals surface area contributed by atoms with E-state index in [0.29, 0.717) is 32.2 Å². The number of hydrogen-bond acceptors (Lipinski definition) is 4. The van der Waals surface area contributed by atoms with Crippen molar-refractivity contribution in [1.82, 2.24) is 14.7 Å². The second kappa shape index (κ2) is 7.60. The average Bonchev–Trinajstić information content (AvgIpc) is 3.33. The molecule has 2 fully saturated rings. The largest absolute Gasteiger partial charge is 0.381 e. The first-order valence-electron chi connectivity index (χ1n) is 9.26. The molecule has 2 atom stereocenters. The molecule has 0 aliphatic carbocycles. The number of carbonyl (C=O) groups excluding carboxylic acids is 1. The van der Waals surface area contributed by atoms with Crippen LogP contribution in [0.3, 0.4) is 0 Å². The van der Waals surface area contributed by atoms with Gasteiger partial charge < -0.3 is 14.4 Å². The molecule has 6 nitrogen and oxygen atoms in total. The smallest absolute Gasteiger partial charge is 0.254 e. The molecule has 3 heterocycles. The molecule has 0 spiro atoms. The standard InChI is InChI=1S/C20H25N3O3/c1-15-10-21-23(11-15)13-19-12-22(6-8-26-19)20(24)17-4-2-3-16(9-17)18-5-7-25-14-18/h2-4,9-11,18-19H,5-8,12-14H2,1H3. The molecule has 0 saturated carbocycles. The Morgan fingerprint density at radius 3 is 3.04 bits per heavy atom. The molecule has 1 aromatic heterocycles. The van der Waals surface area contributed by atoms with Crippen LogP contribution in [0, 0.1) is 6.92 Å². The summed E-state index contributed by atoms with van der Waals surface area (Å²) in [7, 11) is 0. The quantitative estimate of drug-likeness (QED) is 0.844. The van der Waals surface area contributed by atoms with Gasteiger partial charge in [-0.1, -0.05) is 12.1 Å². The predicted molar refractivity (Wildman–Crippen MR) is 97.2 cm³/mol. The monoisotopic (exact) mass is 355 g/mol. The van der Waals surface area contributed by atoms with Crippen molar-refractivity contribution in [3.63, 3.8) is 0 Å². The van der Waals surface area contributed by atoms with Crippen molar-refractivity contribution in [2.24, 2.45) is 0 Å². The summed E-state index contributed by atoms with van der Waals surface area (Å²) < 4.78 is 13.2. The first kappa shape index (κ1) is 17.2. The molecule has 0 N–H and O–H groups in total. The fraction of sp³-hybridized carbons (Fsp3) is 0.500. The zero-order valence-electron chi connectivity index (χ0n) is 15.1. The van der Waals surface area contributed by atoms with Gasteiger partial charge in [-0.3, -0.25) is 9.48 Å². The Hall–Kier alpha value is -2.18. The van der Waals surface area contributed by atoms with Crippen LogP contribution in [0.2, 0.25) is 0 Å². The molecule has 6 heteroatoms. The fourth-order valence-electron chi connectivity index (χ4n) is 3.70. The van der Waals surface area contributed by atoms with Gasteiger partial charge in [0.25, 0.3) is 5.91 Å². The van der Waals surface area contributed by atoms with E-state index in [-0.39, 0.29) is 12.0 Å². The van der Waals surface area contributed by atoms with Crippen LogP contribution in [0.1, 0.15) is 33.8 Å². The molecule has 0 bridgehead atoms. The maximum absolute atomic E-state index is 13.0. The van der Waals surface area contributed by atoms with Crippen LogP contribution in [0.15, 0.2) is 36.7 Å². The number of aryl methyl sites for hydroxylation is 1. The number of morpholine rings is 1. The number of aromatic nitrogens is 2. The summed E-state index contributed by atoms with van der Waals surface area (Å²) in [4.78, 5) is 14.9. The minimum atomic E-state index is -0.0292. The lowest BCUT2D eigenvalue weighted by atomic mass is 9.96. The number of carbonyl (C=O) groups is 1. The van der Waals surface area contributed by atoms with Gasteiger partial charge in [0, 0.05) is 37.4 Å². The van der Waals surface area contributed by atoms with Crippen molar-refractivity contribution < 1.29 is 14.3 Å². The summed E-state index contributed by atoms with van der Waals surface area (Å²) in [6, 6.07) is 8.01. The van der Waals surface area contributed by atoms with Crippen LogP contribution in [-0.2, 0) is 16.0 Å². The summed E-state index contributed by atoms with van der Waals surface area (Å²) >= 11 is 0. The van der Waals surface area contributed by atoms with Crippen LogP contribution in [0.5, 0.6) is 0 Å². The minimum absolute atomic E-state index is 0.0292. The van der Waals surface area contributed by atoms with Crippen LogP contribution in [-0.4, -0.2) is 59.6 Å². The molecule has 2 aliphatic rings. The highest BCUT2D eigenvalue weighted by Crippen LogP contribution is 2.26. The molecule has 1 aromatic carbocycles. The molecular formula is C20H25N3O3. The molecule has 2 aliphatic heterocycles. The first-order chi connectivity index (χ1) is 12.7. The number of hydrogen-bond donors (Lipinski definition) is 0. The van der Waals surface area contributed by atoms with Crippen LogP contribution >= 0.6 is 0 Å². The molecule has 1 amide bonds. The van der Waals surface area contributed by atoms with Gasteiger partial charge in [-0.05, 0) is 36.6 Å². The van der Waals surface area contributed by atoms with E-state index in [1.54, 1.807) is 0 Å². The fourth-order valence-corrected chi connectivity index (χ4v) is 3.70. The van der Waals surface area contributed by atoms with Gasteiger partial charge in [-0.2, -0.15) is 5.10 Å². The Morgan fingerprint density at radius 1 is 1.35 bits per heavy atom. The Bertz CT molecular complexity index is 767. The third-order valence-electron chi connectivity index (χ3n) is 5.11. The van der Waals surface area contributed by atoms with Crippen molar-refractivity contribution in [2.75, 3.05) is 32.9 Å². The van der Waals surface area contributed by atoms with Crippen molar-refractivity contribution in [3.8, 4) is 0 Å². The molecule has 2 aromatic rings. The number of benzene rings is 1. The normalized spacial score (nSPS) is 23.3. The summed E-state index contributed by atoms with van der Waals surface area (Å²) in [5.74, 6) is 0.485. The Labute approximate surface area is 153 Å². The molecule has 138 valence electrons. The Kier molecular flexibility index (Phi) is 5.04. The van der Waals surface area contributed by atoms with E-state index in [4.69, 9.17) is 9.47 Å². The van der Waals surface area contributed by atoms with Crippen LogP contribution in [0.4, 0.5) is 0 Å². The highest BCUT2D eigenvalue weighted by molar-refractivity contribution is 5.94. The maximum Gasteiger partial charge on any atom is 0.254 e. The van der Waals surface area contributed by atoms with Gasteiger partial charge in [0.05, 0.1) is 32.1 Å². The molecule has 26 heavy (non-hydrogen) atoms. The van der Waals surface area contributed by atoms with Gasteiger partial charge in [0.15, 0.2) is 0 Å². The van der Waals surface area contributed by atoms with E-state index in [9.17, 15) is 4.79 Å². The Balaban J connectivity index is 1.43. The zero-order valence-corrected chi connectivity index (χ0v) is 15.1. The third-order valence-corrected chi connectivity index (χ3v) is 5.11. The summed E-state index contributed by atoms with van der Waals surface area (Å²) in [5, 5.41) is 4.32.